The summed E-state index contributed by atoms with van der Waals surface area (Å²) in [6, 6.07) is 0. The summed E-state index contributed by atoms with van der Waals surface area (Å²) in [4.78, 5) is 11.0. The maximum atomic E-state index is 11.0. The lowest BCUT2D eigenvalue weighted by Crippen LogP contribution is -2.24. The lowest BCUT2D eigenvalue weighted by Gasteiger charge is -2.03. The van der Waals surface area contributed by atoms with Gasteiger partial charge in [0.25, 0.3) is 0 Å². The average Bonchev–Trinajstić information content (AvgIpc) is 2.63. The number of carbonyl (C=O) groups is 1. The van der Waals surface area contributed by atoms with Gasteiger partial charge in [-0.15, -0.1) is 0 Å². The maximum Gasteiger partial charge on any atom is 0.193 e. The van der Waals surface area contributed by atoms with E-state index in [0.29, 0.717) is 0 Å². The minimum absolute atomic E-state index is 0.0905. The highest BCUT2D eigenvalue weighted by Crippen LogP contribution is 2.32. The van der Waals surface area contributed by atoms with E-state index in [0.717, 1.165) is 19.1 Å². The van der Waals surface area contributed by atoms with E-state index in [9.17, 15) is 13.2 Å². The summed E-state index contributed by atoms with van der Waals surface area (Å²) < 4.78 is 20.2. The Balaban J connectivity index is 2.67. The van der Waals surface area contributed by atoms with Crippen molar-refractivity contribution in [3.63, 3.8) is 0 Å². The second-order valence-corrected chi connectivity index (χ2v) is 5.65. The van der Waals surface area contributed by atoms with Crippen LogP contribution in [0.2, 0.25) is 0 Å². The summed E-state index contributed by atoms with van der Waals surface area (Å²) in [5.41, 5.74) is 0. The van der Waals surface area contributed by atoms with Gasteiger partial charge in [-0.1, -0.05) is 11.6 Å². The topological polar surface area (TPSA) is 51.2 Å². The fourth-order valence-corrected chi connectivity index (χ4v) is 1.56. The molecule has 0 radical (unpaired) electrons. The van der Waals surface area contributed by atoms with Gasteiger partial charge >= 0.3 is 0 Å². The molecule has 11 heavy (non-hydrogen) atoms. The number of hydrogen-bond acceptors (Lipinski definition) is 3. The van der Waals surface area contributed by atoms with Gasteiger partial charge in [0.1, 0.15) is 0 Å². The molecule has 1 aliphatic rings. The van der Waals surface area contributed by atoms with Gasteiger partial charge in [-0.3, -0.25) is 4.79 Å². The first-order valence-electron chi connectivity index (χ1n) is 3.29. The molecule has 1 rings (SSSR count). The summed E-state index contributed by atoms with van der Waals surface area (Å²) in [7, 11) is -3.39. The first-order valence-corrected chi connectivity index (χ1v) is 5.68. The van der Waals surface area contributed by atoms with Crippen LogP contribution in [0.1, 0.15) is 12.8 Å². The highest BCUT2D eigenvalue weighted by molar-refractivity contribution is 7.93. The van der Waals surface area contributed by atoms with Crippen molar-refractivity contribution in [1.82, 2.24) is 0 Å². The zero-order valence-corrected chi connectivity index (χ0v) is 7.65. The Morgan fingerprint density at radius 2 is 2.00 bits per heavy atom. The Labute approximate surface area is 70.6 Å². The van der Waals surface area contributed by atoms with Crippen LogP contribution in [0.4, 0.5) is 0 Å². The summed E-state index contributed by atoms with van der Waals surface area (Å²) in [6.45, 7) is 0. The monoisotopic (exact) mass is 196 g/mol. The molecule has 1 saturated carbocycles. The normalized spacial score (nSPS) is 21.3. The maximum absolute atomic E-state index is 11.0. The molecule has 0 N–H and O–H groups in total. The third kappa shape index (κ3) is 2.17. The van der Waals surface area contributed by atoms with Crippen molar-refractivity contribution in [3.8, 4) is 0 Å². The predicted molar refractivity (Wildman–Crippen MR) is 42.2 cm³/mol. The van der Waals surface area contributed by atoms with Crippen LogP contribution in [0.3, 0.4) is 0 Å². The first kappa shape index (κ1) is 9.00. The van der Waals surface area contributed by atoms with Crippen LogP contribution in [0.25, 0.3) is 0 Å². The molecule has 0 aromatic heterocycles. The third-order valence-electron chi connectivity index (χ3n) is 1.58. The van der Waals surface area contributed by atoms with Crippen LogP contribution in [0.15, 0.2) is 0 Å². The molecule has 0 aliphatic heterocycles. The molecule has 0 unspecified atom stereocenters. The van der Waals surface area contributed by atoms with Crippen molar-refractivity contribution >= 4 is 27.2 Å². The van der Waals surface area contributed by atoms with Crippen LogP contribution < -0.4 is 0 Å². The van der Waals surface area contributed by atoms with Crippen molar-refractivity contribution in [2.45, 2.75) is 17.6 Å². The van der Waals surface area contributed by atoms with E-state index in [2.05, 4.69) is 0 Å². The van der Waals surface area contributed by atoms with Gasteiger partial charge in [0.2, 0.25) is 0 Å². The molecule has 0 bridgehead atoms. The standard InChI is InChI=1S/C6H9ClO3S/c1-11(9,10)6(7)5(8)4-2-3-4/h4,6H,2-3H2,1H3/t6-/m1/s1. The SMILES string of the molecule is CS(=O)(=O)[C@@H](Cl)C(=O)C1CC1. The fourth-order valence-electron chi connectivity index (χ4n) is 0.764. The van der Waals surface area contributed by atoms with Crippen LogP contribution in [0.5, 0.6) is 0 Å². The van der Waals surface area contributed by atoms with Crippen molar-refractivity contribution in [3.05, 3.63) is 0 Å². The van der Waals surface area contributed by atoms with Crippen molar-refractivity contribution in [2.24, 2.45) is 5.92 Å². The Hall–Kier alpha value is -0.0900. The quantitative estimate of drug-likeness (QED) is 0.621. The smallest absolute Gasteiger partial charge is 0.193 e. The Bertz CT molecular complexity index is 266. The molecule has 64 valence electrons. The molecule has 5 heteroatoms. The molecule has 3 nitrogen and oxygen atoms in total. The number of halogens is 1. The first-order chi connectivity index (χ1) is 4.93. The zero-order valence-electron chi connectivity index (χ0n) is 6.08. The summed E-state index contributed by atoms with van der Waals surface area (Å²) in [5.74, 6) is -0.429. The Kier molecular flexibility index (Phi) is 2.25. The van der Waals surface area contributed by atoms with Crippen LogP contribution in [-0.2, 0) is 14.6 Å². The minimum Gasteiger partial charge on any atom is -0.297 e. The highest BCUT2D eigenvalue weighted by Gasteiger charge is 2.38. The number of alkyl halides is 1. The van der Waals surface area contributed by atoms with Gasteiger partial charge < -0.3 is 0 Å². The molecule has 1 aliphatic carbocycles. The van der Waals surface area contributed by atoms with Gasteiger partial charge in [0, 0.05) is 12.2 Å². The lowest BCUT2D eigenvalue weighted by atomic mass is 10.3. The van der Waals surface area contributed by atoms with Gasteiger partial charge in [-0.25, -0.2) is 8.42 Å². The van der Waals surface area contributed by atoms with E-state index < -0.39 is 14.5 Å². The van der Waals surface area contributed by atoms with Crippen LogP contribution >= 0.6 is 11.6 Å². The molecular weight excluding hydrogens is 188 g/mol. The van der Waals surface area contributed by atoms with Gasteiger partial charge in [0.15, 0.2) is 20.3 Å². The van der Waals surface area contributed by atoms with E-state index in [1.165, 1.54) is 0 Å². The summed E-state index contributed by atoms with van der Waals surface area (Å²) in [6.07, 6.45) is 2.56. The molecule has 1 fully saturated rings. The van der Waals surface area contributed by atoms with Crippen LogP contribution in [0, 0.1) is 5.92 Å². The Morgan fingerprint density at radius 3 is 2.27 bits per heavy atom. The largest absolute Gasteiger partial charge is 0.297 e. The van der Waals surface area contributed by atoms with E-state index in [1.54, 1.807) is 0 Å². The molecule has 0 heterocycles. The second kappa shape index (κ2) is 2.75. The molecule has 0 aromatic rings. The molecule has 0 amide bonds. The number of carbonyl (C=O) groups excluding carboxylic acids is 1. The van der Waals surface area contributed by atoms with Crippen molar-refractivity contribution in [1.29, 1.82) is 0 Å². The second-order valence-electron chi connectivity index (χ2n) is 2.82. The zero-order chi connectivity index (χ0) is 8.65. The van der Waals surface area contributed by atoms with Crippen molar-refractivity contribution in [2.75, 3.05) is 6.26 Å². The van der Waals surface area contributed by atoms with Gasteiger partial charge in [0.05, 0.1) is 0 Å². The number of rotatable bonds is 3. The molecule has 0 saturated heterocycles. The van der Waals surface area contributed by atoms with Crippen LogP contribution in [-0.4, -0.2) is 25.2 Å². The minimum atomic E-state index is -3.39. The van der Waals surface area contributed by atoms with E-state index in [4.69, 9.17) is 11.6 Å². The van der Waals surface area contributed by atoms with E-state index >= 15 is 0 Å². The summed E-state index contributed by atoms with van der Waals surface area (Å²) in [5, 5.41) is 0. The lowest BCUT2D eigenvalue weighted by molar-refractivity contribution is -0.118. The van der Waals surface area contributed by atoms with E-state index in [1.807, 2.05) is 0 Å². The molecule has 0 spiro atoms. The molecule has 0 aromatic carbocycles. The third-order valence-corrected chi connectivity index (χ3v) is 3.75. The van der Waals surface area contributed by atoms with Crippen molar-refractivity contribution < 1.29 is 13.2 Å². The van der Waals surface area contributed by atoms with Gasteiger partial charge in [-0.05, 0) is 12.8 Å². The summed E-state index contributed by atoms with van der Waals surface area (Å²) >= 11 is 5.40. The number of ketones is 1. The molecular formula is C6H9ClO3S. The number of Topliss-reactive ketones (excluding diaryl/α,β-unsaturated/α-hetero) is 1. The predicted octanol–water partition coefficient (Wildman–Crippen LogP) is 0.575. The highest BCUT2D eigenvalue weighted by atomic mass is 35.5. The Morgan fingerprint density at radius 1 is 1.55 bits per heavy atom. The van der Waals surface area contributed by atoms with E-state index in [-0.39, 0.29) is 11.7 Å². The average molecular weight is 197 g/mol. The number of hydrogen-bond donors (Lipinski definition) is 0. The molecule has 1 atom stereocenters. The number of sulfone groups is 1. The fraction of sp³-hybridized carbons (Fsp3) is 0.833. The van der Waals surface area contributed by atoms with Gasteiger partial charge in [-0.2, -0.15) is 0 Å².